The Labute approximate surface area is 175 Å². The first-order chi connectivity index (χ1) is 13.5. The maximum absolute atomic E-state index is 12.8. The van der Waals surface area contributed by atoms with Gasteiger partial charge in [-0.05, 0) is 30.2 Å². The van der Waals surface area contributed by atoms with Crippen molar-refractivity contribution in [1.29, 1.82) is 0 Å². The smallest absolute Gasteiger partial charge is 0.284 e. The Bertz CT molecular complexity index is 1160. The summed E-state index contributed by atoms with van der Waals surface area (Å²) in [6, 6.07) is 6.91. The lowest BCUT2D eigenvalue weighted by Gasteiger charge is -2.11. The summed E-state index contributed by atoms with van der Waals surface area (Å²) in [5.74, 6) is 0.809. The molecule has 0 spiro atoms. The molecule has 1 aromatic carbocycles. The Hall–Kier alpha value is -2.41. The van der Waals surface area contributed by atoms with Gasteiger partial charge in [0.25, 0.3) is 5.56 Å². The fraction of sp³-hybridized carbons (Fsp3) is 0.158. The molecule has 3 heterocycles. The molecule has 6 nitrogen and oxygen atoms in total. The predicted molar refractivity (Wildman–Crippen MR) is 110 cm³/mol. The second-order valence-electron chi connectivity index (χ2n) is 6.18. The number of fused-ring (bicyclic) bond motifs is 1. The second-order valence-corrected chi connectivity index (χ2v) is 7.43. The highest BCUT2D eigenvalue weighted by atomic mass is 35.5. The van der Waals surface area contributed by atoms with Crippen LogP contribution < -0.4 is 5.56 Å². The van der Waals surface area contributed by atoms with Gasteiger partial charge in [0.1, 0.15) is 17.1 Å². The Morgan fingerprint density at radius 2 is 1.89 bits per heavy atom. The van der Waals surface area contributed by atoms with E-state index in [2.05, 4.69) is 20.1 Å². The third-order valence-corrected chi connectivity index (χ3v) is 5.10. The SMILES string of the molecule is CCc1[nH]n(-c2c(Cl)cc(Cl)cc2Cl)c2nc(Cc3cccnc3)nc(=O)c1-2. The molecule has 0 fully saturated rings. The maximum Gasteiger partial charge on any atom is 0.284 e. The van der Waals surface area contributed by atoms with Gasteiger partial charge in [-0.1, -0.05) is 47.8 Å². The molecular formula is C19H14Cl3N5O. The number of rotatable bonds is 4. The van der Waals surface area contributed by atoms with Crippen molar-refractivity contribution in [3.8, 4) is 17.1 Å². The third kappa shape index (κ3) is 3.39. The van der Waals surface area contributed by atoms with Crippen molar-refractivity contribution in [2.24, 2.45) is 0 Å². The predicted octanol–water partition coefficient (Wildman–Crippen LogP) is 4.57. The van der Waals surface area contributed by atoms with Gasteiger partial charge >= 0.3 is 0 Å². The van der Waals surface area contributed by atoms with Gasteiger partial charge in [-0.3, -0.25) is 14.9 Å². The number of aromatic amines is 1. The molecule has 2 aromatic rings. The Morgan fingerprint density at radius 3 is 2.54 bits per heavy atom. The second kappa shape index (κ2) is 7.54. The van der Waals surface area contributed by atoms with Crippen LogP contribution >= 0.6 is 34.8 Å². The Kier molecular flexibility index (Phi) is 5.10. The molecule has 9 heteroatoms. The molecule has 2 aliphatic rings. The van der Waals surface area contributed by atoms with Crippen LogP contribution in [-0.2, 0) is 12.8 Å². The van der Waals surface area contributed by atoms with Gasteiger partial charge in [-0.2, -0.15) is 4.98 Å². The average Bonchev–Trinajstić information content (AvgIpc) is 3.01. The van der Waals surface area contributed by atoms with E-state index < -0.39 is 0 Å². The zero-order chi connectivity index (χ0) is 19.8. The van der Waals surface area contributed by atoms with E-state index in [9.17, 15) is 4.79 Å². The highest BCUT2D eigenvalue weighted by Crippen LogP contribution is 2.35. The molecule has 142 valence electrons. The molecule has 0 radical (unpaired) electrons. The largest absolute Gasteiger partial charge is 0.295 e. The summed E-state index contributed by atoms with van der Waals surface area (Å²) in [7, 11) is 0. The maximum atomic E-state index is 12.8. The molecule has 0 unspecified atom stereocenters. The number of halogens is 3. The molecule has 1 N–H and O–H groups in total. The van der Waals surface area contributed by atoms with Crippen LogP contribution in [-0.4, -0.2) is 24.7 Å². The fourth-order valence-corrected chi connectivity index (χ4v) is 4.06. The average molecular weight is 435 g/mol. The van der Waals surface area contributed by atoms with Crippen LogP contribution in [0.15, 0.2) is 41.5 Å². The summed E-state index contributed by atoms with van der Waals surface area (Å²) in [5.41, 5.74) is 2.15. The molecule has 0 bridgehead atoms. The first-order valence-electron chi connectivity index (χ1n) is 8.52. The number of aromatic nitrogens is 5. The number of nitrogens with zero attached hydrogens (tertiary/aromatic N) is 4. The van der Waals surface area contributed by atoms with Crippen LogP contribution in [0.25, 0.3) is 17.1 Å². The standard InChI is InChI=1S/C19H14Cl3N5O/c1-2-14-16-18(27(26-14)17-12(21)7-11(20)8-13(17)22)24-15(25-19(16)28)6-10-4-3-5-23-9-10/h3-5,7-9,26H,2,6H2,1H3. The van der Waals surface area contributed by atoms with E-state index in [1.165, 1.54) is 0 Å². The van der Waals surface area contributed by atoms with E-state index in [1.54, 1.807) is 29.2 Å². The van der Waals surface area contributed by atoms with E-state index >= 15 is 0 Å². The van der Waals surface area contributed by atoms with E-state index in [0.29, 0.717) is 56.5 Å². The number of H-pyrrole nitrogens is 1. The van der Waals surface area contributed by atoms with E-state index in [-0.39, 0.29) is 5.56 Å². The van der Waals surface area contributed by atoms with E-state index in [0.717, 1.165) is 5.56 Å². The summed E-state index contributed by atoms with van der Waals surface area (Å²) in [6.45, 7) is 1.93. The lowest BCUT2D eigenvalue weighted by Crippen LogP contribution is -2.17. The van der Waals surface area contributed by atoms with Crippen molar-refractivity contribution in [3.05, 3.63) is 79.2 Å². The Morgan fingerprint density at radius 1 is 1.14 bits per heavy atom. The van der Waals surface area contributed by atoms with Crippen LogP contribution in [0.2, 0.25) is 15.1 Å². The lowest BCUT2D eigenvalue weighted by atomic mass is 10.1. The van der Waals surface area contributed by atoms with Gasteiger partial charge in [0.05, 0.1) is 10.0 Å². The minimum atomic E-state index is -0.350. The molecule has 4 rings (SSSR count). The molecule has 1 aromatic heterocycles. The van der Waals surface area contributed by atoms with Crippen molar-refractivity contribution in [1.82, 2.24) is 24.7 Å². The minimum Gasteiger partial charge on any atom is -0.295 e. The monoisotopic (exact) mass is 433 g/mol. The summed E-state index contributed by atoms with van der Waals surface area (Å²) >= 11 is 18.8. The molecule has 0 atom stereocenters. The van der Waals surface area contributed by atoms with Crippen LogP contribution in [0.3, 0.4) is 0 Å². The minimum absolute atomic E-state index is 0.341. The van der Waals surface area contributed by atoms with Crippen LogP contribution in [0.4, 0.5) is 0 Å². The topological polar surface area (TPSA) is 76.5 Å². The van der Waals surface area contributed by atoms with Crippen LogP contribution in [0.5, 0.6) is 0 Å². The quantitative estimate of drug-likeness (QED) is 0.510. The van der Waals surface area contributed by atoms with Crippen molar-refractivity contribution in [2.75, 3.05) is 0 Å². The summed E-state index contributed by atoms with van der Waals surface area (Å²) in [5, 5.41) is 4.28. The van der Waals surface area contributed by atoms with E-state index in [1.807, 2.05) is 19.1 Å². The van der Waals surface area contributed by atoms with Gasteiger partial charge in [0.2, 0.25) is 0 Å². The van der Waals surface area contributed by atoms with Crippen molar-refractivity contribution in [3.63, 3.8) is 0 Å². The number of benzene rings is 1. The number of hydrogen-bond donors (Lipinski definition) is 1. The van der Waals surface area contributed by atoms with Gasteiger partial charge in [0.15, 0.2) is 5.82 Å². The van der Waals surface area contributed by atoms with Gasteiger partial charge in [0, 0.05) is 29.5 Å². The van der Waals surface area contributed by atoms with Crippen molar-refractivity contribution in [2.45, 2.75) is 19.8 Å². The molecule has 0 saturated carbocycles. The molecular weight excluding hydrogens is 421 g/mol. The molecule has 28 heavy (non-hydrogen) atoms. The first kappa shape index (κ1) is 18.9. The van der Waals surface area contributed by atoms with Gasteiger partial charge in [-0.15, -0.1) is 0 Å². The number of pyridine rings is 1. The normalized spacial score (nSPS) is 11.3. The number of aryl methyl sites for hydroxylation is 1. The van der Waals surface area contributed by atoms with E-state index in [4.69, 9.17) is 34.8 Å². The summed E-state index contributed by atoms with van der Waals surface area (Å²) in [4.78, 5) is 25.6. The number of hydrogen-bond acceptors (Lipinski definition) is 4. The van der Waals surface area contributed by atoms with Crippen LogP contribution in [0.1, 0.15) is 24.0 Å². The van der Waals surface area contributed by atoms with Gasteiger partial charge < -0.3 is 0 Å². The highest BCUT2D eigenvalue weighted by molar-refractivity contribution is 6.40. The van der Waals surface area contributed by atoms with Crippen LogP contribution in [0, 0.1) is 0 Å². The Balaban J connectivity index is 1.94. The zero-order valence-corrected chi connectivity index (χ0v) is 17.0. The summed E-state index contributed by atoms with van der Waals surface area (Å²) in [6.07, 6.45) is 4.37. The number of nitrogens with one attached hydrogen (secondary N) is 1. The molecule has 0 aliphatic carbocycles. The fourth-order valence-electron chi connectivity index (χ4n) is 3.07. The third-order valence-electron chi connectivity index (χ3n) is 4.31. The lowest BCUT2D eigenvalue weighted by molar-refractivity contribution is 0.826. The zero-order valence-electron chi connectivity index (χ0n) is 14.7. The summed E-state index contributed by atoms with van der Waals surface area (Å²) < 4.78 is 1.62. The molecule has 2 aliphatic heterocycles. The van der Waals surface area contributed by atoms with Crippen molar-refractivity contribution < 1.29 is 0 Å². The van der Waals surface area contributed by atoms with Crippen molar-refractivity contribution >= 4 is 34.8 Å². The van der Waals surface area contributed by atoms with Gasteiger partial charge in [-0.25, -0.2) is 9.67 Å². The first-order valence-corrected chi connectivity index (χ1v) is 9.65. The molecule has 0 saturated heterocycles. The highest BCUT2D eigenvalue weighted by Gasteiger charge is 2.25. The molecule has 0 amide bonds.